The van der Waals surface area contributed by atoms with Gasteiger partial charge < -0.3 is 5.41 Å². The molecule has 1 aromatic carbocycles. The van der Waals surface area contributed by atoms with E-state index in [0.29, 0.717) is 11.6 Å². The molecule has 0 aliphatic heterocycles. The van der Waals surface area contributed by atoms with E-state index in [1.807, 2.05) is 36.4 Å². The highest BCUT2D eigenvalue weighted by Gasteiger charge is 2.04. The van der Waals surface area contributed by atoms with Crippen LogP contribution in [0, 0.1) is 11.3 Å². The van der Waals surface area contributed by atoms with E-state index >= 15 is 0 Å². The van der Waals surface area contributed by atoms with Gasteiger partial charge in [0.25, 0.3) is 0 Å². The van der Waals surface area contributed by atoms with Crippen LogP contribution in [-0.2, 0) is 4.79 Å². The van der Waals surface area contributed by atoms with E-state index in [2.05, 4.69) is 25.4 Å². The summed E-state index contributed by atoms with van der Waals surface area (Å²) >= 11 is 0. The van der Waals surface area contributed by atoms with Gasteiger partial charge in [0.2, 0.25) is 0 Å². The molecule has 0 unspecified atom stereocenters. The second kappa shape index (κ2) is 10.2. The number of carbonyl (C=O) groups excluding carboxylic acids is 1. The van der Waals surface area contributed by atoms with Gasteiger partial charge in [-0.3, -0.25) is 9.79 Å². The molecular formula is C20H24N2O. The molecule has 3 heteroatoms. The maximum absolute atomic E-state index is 10.8. The standard InChI is InChI=1S/C20H24N2O/c1-4-18(5-2)16(3)8-7-12-22-20(11-13-23)19-10-6-9-17(14-19)15-21/h6-15,18,21H,3-5H2,1-2H3/b8-7-,20-11-,21-15?,22-12+. The number of nitrogens with one attached hydrogen (secondary N) is 1. The number of aldehydes is 1. The van der Waals surface area contributed by atoms with E-state index in [1.165, 1.54) is 12.3 Å². The van der Waals surface area contributed by atoms with Crippen LogP contribution < -0.4 is 0 Å². The zero-order valence-corrected chi connectivity index (χ0v) is 13.8. The number of carbonyl (C=O) groups is 1. The summed E-state index contributed by atoms with van der Waals surface area (Å²) in [5.41, 5.74) is 3.24. The molecule has 23 heavy (non-hydrogen) atoms. The summed E-state index contributed by atoms with van der Waals surface area (Å²) in [6, 6.07) is 7.37. The monoisotopic (exact) mass is 308 g/mol. The first-order valence-corrected chi connectivity index (χ1v) is 7.82. The molecule has 0 fully saturated rings. The largest absolute Gasteiger partial charge is 0.308 e. The molecule has 1 rings (SSSR count). The van der Waals surface area contributed by atoms with Crippen molar-refractivity contribution >= 4 is 24.4 Å². The number of benzene rings is 1. The molecule has 0 atom stereocenters. The highest BCUT2D eigenvalue weighted by molar-refractivity contribution is 5.88. The Bertz CT molecular complexity index is 635. The molecule has 0 heterocycles. The van der Waals surface area contributed by atoms with E-state index in [4.69, 9.17) is 5.41 Å². The van der Waals surface area contributed by atoms with Crippen LogP contribution >= 0.6 is 0 Å². The van der Waals surface area contributed by atoms with Gasteiger partial charge in [0.05, 0.1) is 5.70 Å². The predicted octanol–water partition coefficient (Wildman–Crippen LogP) is 4.84. The van der Waals surface area contributed by atoms with Crippen molar-refractivity contribution in [2.75, 3.05) is 0 Å². The Labute approximate surface area is 138 Å². The van der Waals surface area contributed by atoms with Crippen LogP contribution in [0.2, 0.25) is 0 Å². The summed E-state index contributed by atoms with van der Waals surface area (Å²) in [5.74, 6) is 0.494. The lowest BCUT2D eigenvalue weighted by Crippen LogP contribution is -1.97. The fourth-order valence-electron chi connectivity index (χ4n) is 2.31. The van der Waals surface area contributed by atoms with Crippen molar-refractivity contribution in [1.82, 2.24) is 0 Å². The highest BCUT2D eigenvalue weighted by Crippen LogP contribution is 2.18. The maximum atomic E-state index is 10.8. The van der Waals surface area contributed by atoms with Gasteiger partial charge in [0.15, 0.2) is 0 Å². The van der Waals surface area contributed by atoms with Gasteiger partial charge in [-0.2, -0.15) is 0 Å². The van der Waals surface area contributed by atoms with E-state index in [9.17, 15) is 4.79 Å². The Hall–Kier alpha value is -2.55. The Kier molecular flexibility index (Phi) is 8.22. The Morgan fingerprint density at radius 2 is 2.09 bits per heavy atom. The summed E-state index contributed by atoms with van der Waals surface area (Å²) in [6.07, 6.45) is 11.0. The summed E-state index contributed by atoms with van der Waals surface area (Å²) in [5, 5.41) is 7.30. The number of rotatable bonds is 9. The van der Waals surface area contributed by atoms with Crippen molar-refractivity contribution < 1.29 is 4.79 Å². The minimum atomic E-state index is 0.494. The number of aliphatic imine (C=N–C) groups is 1. The van der Waals surface area contributed by atoms with Crippen molar-refractivity contribution in [3.8, 4) is 0 Å². The molecule has 0 saturated carbocycles. The van der Waals surface area contributed by atoms with Gasteiger partial charge in [-0.15, -0.1) is 0 Å². The average Bonchev–Trinajstić information content (AvgIpc) is 2.58. The van der Waals surface area contributed by atoms with Crippen LogP contribution in [0.25, 0.3) is 5.70 Å². The summed E-state index contributed by atoms with van der Waals surface area (Å²) in [4.78, 5) is 15.2. The molecule has 0 bridgehead atoms. The minimum absolute atomic E-state index is 0.494. The van der Waals surface area contributed by atoms with Gasteiger partial charge >= 0.3 is 0 Å². The maximum Gasteiger partial charge on any atom is 0.145 e. The van der Waals surface area contributed by atoms with E-state index in [0.717, 1.165) is 35.8 Å². The van der Waals surface area contributed by atoms with Crippen LogP contribution in [-0.4, -0.2) is 18.7 Å². The third-order valence-corrected chi connectivity index (χ3v) is 3.69. The van der Waals surface area contributed by atoms with Crippen LogP contribution in [0.15, 0.2) is 59.6 Å². The number of nitrogens with zero attached hydrogens (tertiary/aromatic N) is 1. The highest BCUT2D eigenvalue weighted by atomic mass is 16.1. The number of allylic oxidation sites excluding steroid dienone is 4. The lowest BCUT2D eigenvalue weighted by atomic mass is 9.95. The molecular weight excluding hydrogens is 284 g/mol. The first-order valence-electron chi connectivity index (χ1n) is 7.82. The molecule has 0 aliphatic carbocycles. The molecule has 0 aromatic heterocycles. The molecule has 0 aliphatic rings. The minimum Gasteiger partial charge on any atom is -0.308 e. The quantitative estimate of drug-likeness (QED) is 0.302. The van der Waals surface area contributed by atoms with Crippen molar-refractivity contribution in [2.45, 2.75) is 26.7 Å². The van der Waals surface area contributed by atoms with Crippen molar-refractivity contribution in [3.63, 3.8) is 0 Å². The zero-order chi connectivity index (χ0) is 17.1. The number of hydrogen-bond acceptors (Lipinski definition) is 3. The summed E-state index contributed by atoms with van der Waals surface area (Å²) in [6.45, 7) is 8.40. The number of hydrogen-bond donors (Lipinski definition) is 1. The molecule has 0 radical (unpaired) electrons. The predicted molar refractivity (Wildman–Crippen MR) is 99.2 cm³/mol. The fourth-order valence-corrected chi connectivity index (χ4v) is 2.31. The second-order valence-corrected chi connectivity index (χ2v) is 5.18. The van der Waals surface area contributed by atoms with Gasteiger partial charge in [-0.25, -0.2) is 0 Å². The second-order valence-electron chi connectivity index (χ2n) is 5.18. The Balaban J connectivity index is 2.88. The molecule has 0 saturated heterocycles. The topological polar surface area (TPSA) is 53.3 Å². The van der Waals surface area contributed by atoms with Gasteiger partial charge in [-0.05, 0) is 36.5 Å². The molecule has 1 N–H and O–H groups in total. The van der Waals surface area contributed by atoms with Crippen LogP contribution in [0.4, 0.5) is 0 Å². The summed E-state index contributed by atoms with van der Waals surface area (Å²) in [7, 11) is 0. The molecule has 3 nitrogen and oxygen atoms in total. The van der Waals surface area contributed by atoms with Crippen molar-refractivity contribution in [3.05, 3.63) is 65.8 Å². The van der Waals surface area contributed by atoms with Gasteiger partial charge in [-0.1, -0.05) is 50.3 Å². The third kappa shape index (κ3) is 5.99. The van der Waals surface area contributed by atoms with Crippen molar-refractivity contribution in [2.24, 2.45) is 10.9 Å². The third-order valence-electron chi connectivity index (χ3n) is 3.69. The Morgan fingerprint density at radius 3 is 2.70 bits per heavy atom. The lowest BCUT2D eigenvalue weighted by Gasteiger charge is -2.11. The summed E-state index contributed by atoms with van der Waals surface area (Å²) < 4.78 is 0. The van der Waals surface area contributed by atoms with E-state index in [-0.39, 0.29) is 0 Å². The Morgan fingerprint density at radius 1 is 1.35 bits per heavy atom. The first-order chi connectivity index (χ1) is 11.2. The molecule has 120 valence electrons. The van der Waals surface area contributed by atoms with Crippen LogP contribution in [0.1, 0.15) is 37.8 Å². The normalized spacial score (nSPS) is 12.2. The zero-order valence-electron chi connectivity index (χ0n) is 13.8. The first kappa shape index (κ1) is 18.5. The molecule has 0 amide bonds. The van der Waals surface area contributed by atoms with Gasteiger partial charge in [0.1, 0.15) is 6.29 Å². The SMILES string of the molecule is C=C(\C=C/C=N/C(=C\C=O)c1cccc(C=N)c1)C(CC)CC. The lowest BCUT2D eigenvalue weighted by molar-refractivity contribution is -0.104. The average molecular weight is 308 g/mol. The van der Waals surface area contributed by atoms with E-state index in [1.54, 1.807) is 6.21 Å². The smallest absolute Gasteiger partial charge is 0.145 e. The van der Waals surface area contributed by atoms with Crippen molar-refractivity contribution in [1.29, 1.82) is 5.41 Å². The van der Waals surface area contributed by atoms with Crippen LogP contribution in [0.5, 0.6) is 0 Å². The molecule has 0 spiro atoms. The molecule has 1 aromatic rings. The van der Waals surface area contributed by atoms with Crippen LogP contribution in [0.3, 0.4) is 0 Å². The van der Waals surface area contributed by atoms with Gasteiger partial charge in [0, 0.05) is 24.1 Å². The van der Waals surface area contributed by atoms with E-state index < -0.39 is 0 Å². The fraction of sp³-hybridized carbons (Fsp3) is 0.250.